The number of hydrogen-bond acceptors (Lipinski definition) is 1. The zero-order valence-electron chi connectivity index (χ0n) is 12.6. The Labute approximate surface area is 117 Å². The van der Waals surface area contributed by atoms with Crippen molar-refractivity contribution in [3.05, 3.63) is 34.4 Å². The van der Waals surface area contributed by atoms with Gasteiger partial charge in [-0.1, -0.05) is 24.1 Å². The summed E-state index contributed by atoms with van der Waals surface area (Å²) in [5.74, 6) is 2.73. The minimum absolute atomic E-state index is 0.371. The van der Waals surface area contributed by atoms with E-state index in [-0.39, 0.29) is 0 Å². The SMILES string of the molecule is Cc1cc(C)c(CC(N)C2CC3CCC2C3)c(C)c1. The third-order valence-electron chi connectivity index (χ3n) is 5.62. The highest BCUT2D eigenvalue weighted by molar-refractivity contribution is 5.38. The third-order valence-corrected chi connectivity index (χ3v) is 5.62. The average Bonchev–Trinajstić information content (AvgIpc) is 2.95. The molecule has 4 atom stereocenters. The second-order valence-corrected chi connectivity index (χ2v) is 7.08. The van der Waals surface area contributed by atoms with Gasteiger partial charge in [0.2, 0.25) is 0 Å². The summed E-state index contributed by atoms with van der Waals surface area (Å²) in [5.41, 5.74) is 12.3. The van der Waals surface area contributed by atoms with E-state index < -0.39 is 0 Å². The van der Waals surface area contributed by atoms with Gasteiger partial charge < -0.3 is 5.73 Å². The lowest BCUT2D eigenvalue weighted by Crippen LogP contribution is -2.35. The third kappa shape index (κ3) is 2.45. The molecule has 1 heteroatoms. The normalized spacial score (nSPS) is 30.8. The summed E-state index contributed by atoms with van der Waals surface area (Å²) in [6.45, 7) is 6.66. The van der Waals surface area contributed by atoms with Gasteiger partial charge in [0.05, 0.1) is 0 Å². The van der Waals surface area contributed by atoms with E-state index >= 15 is 0 Å². The van der Waals surface area contributed by atoms with Crippen LogP contribution in [0, 0.1) is 38.5 Å². The Morgan fingerprint density at radius 2 is 1.79 bits per heavy atom. The van der Waals surface area contributed by atoms with Crippen molar-refractivity contribution in [2.75, 3.05) is 0 Å². The molecule has 0 aromatic heterocycles. The Bertz CT molecular complexity index is 454. The van der Waals surface area contributed by atoms with Crippen LogP contribution >= 0.6 is 0 Å². The van der Waals surface area contributed by atoms with Crippen LogP contribution in [-0.4, -0.2) is 6.04 Å². The van der Waals surface area contributed by atoms with Crippen molar-refractivity contribution in [3.8, 4) is 0 Å². The predicted molar refractivity (Wildman–Crippen MR) is 81.3 cm³/mol. The molecule has 3 rings (SSSR count). The largest absolute Gasteiger partial charge is 0.327 e. The maximum atomic E-state index is 6.57. The standard InChI is InChI=1S/C18H27N/c1-11-6-12(2)16(13(3)7-11)10-18(19)17-9-14-4-5-15(17)8-14/h6-7,14-15,17-18H,4-5,8-10,19H2,1-3H3. The first-order valence-electron chi connectivity index (χ1n) is 7.87. The Balaban J connectivity index is 1.75. The summed E-state index contributed by atoms with van der Waals surface area (Å²) >= 11 is 0. The van der Waals surface area contributed by atoms with E-state index in [9.17, 15) is 0 Å². The van der Waals surface area contributed by atoms with E-state index in [4.69, 9.17) is 5.73 Å². The van der Waals surface area contributed by atoms with Crippen LogP contribution in [0.25, 0.3) is 0 Å². The maximum absolute atomic E-state index is 6.57. The van der Waals surface area contributed by atoms with Gasteiger partial charge in [-0.15, -0.1) is 0 Å². The van der Waals surface area contributed by atoms with Crippen molar-refractivity contribution >= 4 is 0 Å². The molecule has 2 saturated carbocycles. The van der Waals surface area contributed by atoms with Crippen molar-refractivity contribution in [1.29, 1.82) is 0 Å². The fraction of sp³-hybridized carbons (Fsp3) is 0.667. The lowest BCUT2D eigenvalue weighted by molar-refractivity contribution is 0.280. The smallest absolute Gasteiger partial charge is 0.0111 e. The van der Waals surface area contributed by atoms with Gasteiger partial charge in [0, 0.05) is 6.04 Å². The molecular formula is C18H27N. The predicted octanol–water partition coefficient (Wildman–Crippen LogP) is 3.92. The molecular weight excluding hydrogens is 230 g/mol. The molecule has 2 N–H and O–H groups in total. The quantitative estimate of drug-likeness (QED) is 0.872. The van der Waals surface area contributed by atoms with Crippen molar-refractivity contribution in [2.45, 2.75) is 58.9 Å². The molecule has 0 amide bonds. The van der Waals surface area contributed by atoms with Gasteiger partial charge in [0.25, 0.3) is 0 Å². The monoisotopic (exact) mass is 257 g/mol. The van der Waals surface area contributed by atoms with Crippen LogP contribution in [-0.2, 0) is 6.42 Å². The van der Waals surface area contributed by atoms with Gasteiger partial charge in [-0.2, -0.15) is 0 Å². The van der Waals surface area contributed by atoms with E-state index in [1.165, 1.54) is 47.9 Å². The molecule has 1 nitrogen and oxygen atoms in total. The molecule has 2 aliphatic carbocycles. The first-order chi connectivity index (χ1) is 9.04. The molecule has 19 heavy (non-hydrogen) atoms. The highest BCUT2D eigenvalue weighted by Gasteiger charge is 2.42. The molecule has 2 fully saturated rings. The van der Waals surface area contributed by atoms with Gasteiger partial charge in [0.15, 0.2) is 0 Å². The first-order valence-corrected chi connectivity index (χ1v) is 7.87. The Morgan fingerprint density at radius 1 is 1.11 bits per heavy atom. The molecule has 104 valence electrons. The van der Waals surface area contributed by atoms with Gasteiger partial charge in [-0.25, -0.2) is 0 Å². The lowest BCUT2D eigenvalue weighted by Gasteiger charge is -2.28. The number of benzene rings is 1. The average molecular weight is 257 g/mol. The minimum atomic E-state index is 0.371. The molecule has 0 spiro atoms. The number of fused-ring (bicyclic) bond motifs is 2. The zero-order chi connectivity index (χ0) is 13.6. The van der Waals surface area contributed by atoms with Crippen LogP contribution in [0.4, 0.5) is 0 Å². The number of nitrogens with two attached hydrogens (primary N) is 1. The first kappa shape index (κ1) is 13.2. The van der Waals surface area contributed by atoms with Crippen LogP contribution < -0.4 is 5.73 Å². The van der Waals surface area contributed by atoms with Crippen LogP contribution in [0.15, 0.2) is 12.1 Å². The van der Waals surface area contributed by atoms with Crippen LogP contribution in [0.3, 0.4) is 0 Å². The Hall–Kier alpha value is -0.820. The summed E-state index contributed by atoms with van der Waals surface area (Å²) in [5, 5.41) is 0. The van der Waals surface area contributed by atoms with Gasteiger partial charge in [0.1, 0.15) is 0 Å². The lowest BCUT2D eigenvalue weighted by atomic mass is 9.80. The molecule has 2 bridgehead atoms. The van der Waals surface area contributed by atoms with Crippen molar-refractivity contribution in [1.82, 2.24) is 0 Å². The van der Waals surface area contributed by atoms with Crippen LogP contribution in [0.5, 0.6) is 0 Å². The summed E-state index contributed by atoms with van der Waals surface area (Å²) in [6.07, 6.45) is 6.84. The molecule has 0 saturated heterocycles. The van der Waals surface area contributed by atoms with Gasteiger partial charge in [-0.05, 0) is 80.9 Å². The maximum Gasteiger partial charge on any atom is 0.0111 e. The Morgan fingerprint density at radius 3 is 2.32 bits per heavy atom. The molecule has 0 radical (unpaired) electrons. The van der Waals surface area contributed by atoms with E-state index in [0.717, 1.165) is 24.2 Å². The number of rotatable bonds is 3. The number of aryl methyl sites for hydroxylation is 3. The zero-order valence-corrected chi connectivity index (χ0v) is 12.6. The molecule has 2 aliphatic rings. The van der Waals surface area contributed by atoms with Crippen molar-refractivity contribution in [3.63, 3.8) is 0 Å². The molecule has 1 aromatic carbocycles. The fourth-order valence-electron chi connectivity index (χ4n) is 4.74. The topological polar surface area (TPSA) is 26.0 Å². The Kier molecular flexibility index (Phi) is 3.42. The summed E-state index contributed by atoms with van der Waals surface area (Å²) < 4.78 is 0. The van der Waals surface area contributed by atoms with Crippen LogP contribution in [0.1, 0.15) is 47.9 Å². The highest BCUT2D eigenvalue weighted by Crippen LogP contribution is 2.49. The molecule has 0 heterocycles. The molecule has 0 aliphatic heterocycles. The summed E-state index contributed by atoms with van der Waals surface area (Å²) in [7, 11) is 0. The van der Waals surface area contributed by atoms with Gasteiger partial charge in [-0.3, -0.25) is 0 Å². The second kappa shape index (κ2) is 4.94. The van der Waals surface area contributed by atoms with Crippen molar-refractivity contribution in [2.24, 2.45) is 23.5 Å². The van der Waals surface area contributed by atoms with Crippen LogP contribution in [0.2, 0.25) is 0 Å². The fourth-order valence-corrected chi connectivity index (χ4v) is 4.74. The molecule has 1 aromatic rings. The highest BCUT2D eigenvalue weighted by atomic mass is 14.7. The van der Waals surface area contributed by atoms with E-state index in [0.29, 0.717) is 6.04 Å². The summed E-state index contributed by atoms with van der Waals surface area (Å²) in [6, 6.07) is 4.97. The van der Waals surface area contributed by atoms with E-state index in [1.807, 2.05) is 0 Å². The van der Waals surface area contributed by atoms with E-state index in [2.05, 4.69) is 32.9 Å². The van der Waals surface area contributed by atoms with E-state index in [1.54, 1.807) is 0 Å². The van der Waals surface area contributed by atoms with Gasteiger partial charge >= 0.3 is 0 Å². The second-order valence-electron chi connectivity index (χ2n) is 7.08. The number of hydrogen-bond donors (Lipinski definition) is 1. The summed E-state index contributed by atoms with van der Waals surface area (Å²) in [4.78, 5) is 0. The van der Waals surface area contributed by atoms with Crippen molar-refractivity contribution < 1.29 is 0 Å². The minimum Gasteiger partial charge on any atom is -0.327 e. The molecule has 4 unspecified atom stereocenters.